The second kappa shape index (κ2) is 63.2. The molecule has 1 aromatic heterocycles. The van der Waals surface area contributed by atoms with Crippen molar-refractivity contribution in [2.45, 2.75) is 269 Å². The molecule has 3 aliphatic rings. The van der Waals surface area contributed by atoms with Gasteiger partial charge >= 0.3 is 11.9 Å². The fraction of sp³-hybridized carbons (Fsp3) is 0.641. The second-order valence-corrected chi connectivity index (χ2v) is 40.6. The Balaban J connectivity index is 1.69. The number of thiol groups is 1. The minimum atomic E-state index is -1.84. The van der Waals surface area contributed by atoms with Crippen molar-refractivity contribution >= 4 is 195 Å². The van der Waals surface area contributed by atoms with Crippen LogP contribution in [0.5, 0.6) is 0 Å². The molecule has 31 N–H and O–H groups in total. The van der Waals surface area contributed by atoms with Crippen LogP contribution < -0.4 is 123 Å². The van der Waals surface area contributed by atoms with Crippen molar-refractivity contribution in [1.82, 2.24) is 117 Å². The first-order valence-corrected chi connectivity index (χ1v) is 52.7. The van der Waals surface area contributed by atoms with Gasteiger partial charge in [-0.1, -0.05) is 113 Å². The van der Waals surface area contributed by atoms with Gasteiger partial charge in [-0.2, -0.15) is 47.9 Å². The largest absolute Gasteiger partial charge is 0.481 e. The first-order valence-electron chi connectivity index (χ1n) is 48.6. The van der Waals surface area contributed by atoms with Gasteiger partial charge in [0.15, 0.2) is 5.96 Å². The number of aliphatic hydroxyl groups is 2. The number of nitrogens with two attached hydrogens (primary N) is 2. The lowest BCUT2D eigenvalue weighted by Gasteiger charge is -2.31. The van der Waals surface area contributed by atoms with Crippen LogP contribution in [0.15, 0.2) is 42.2 Å². The molecule has 2 bridgehead atoms. The summed E-state index contributed by atoms with van der Waals surface area (Å²) in [6, 6.07) is -22.9. The molecule has 0 aliphatic carbocycles. The molecule has 3 aliphatic heterocycles. The van der Waals surface area contributed by atoms with E-state index in [0.717, 1.165) is 29.6 Å². The van der Waals surface area contributed by atoms with Crippen LogP contribution in [0, 0.1) is 35.0 Å². The zero-order chi connectivity index (χ0) is 110. The van der Waals surface area contributed by atoms with E-state index in [2.05, 4.69) is 129 Å². The molecule has 2 aromatic rings. The van der Waals surface area contributed by atoms with Gasteiger partial charge in [-0.25, -0.2) is 4.79 Å². The van der Waals surface area contributed by atoms with Crippen LogP contribution in [0.3, 0.4) is 0 Å². The predicted molar refractivity (Wildman–Crippen MR) is 547 cm³/mol. The molecular weight excluding hydrogens is 2000 g/mol. The van der Waals surface area contributed by atoms with Crippen molar-refractivity contribution in [2.75, 3.05) is 73.1 Å². The number of carboxylic acids is 2. The molecule has 55 heteroatoms. The highest BCUT2D eigenvalue weighted by atomic mass is 32.2. The quantitative estimate of drug-likeness (QED) is 0.00788. The number of nitrogens with one attached hydrogen (secondary N) is 23. The summed E-state index contributed by atoms with van der Waals surface area (Å²) in [6.45, 7) is 15.2. The van der Waals surface area contributed by atoms with E-state index < -0.39 is 354 Å². The van der Waals surface area contributed by atoms with Gasteiger partial charge in [-0.05, 0) is 112 Å². The molecule has 0 saturated carbocycles. The molecule has 818 valence electrons. The fourth-order valence-electron chi connectivity index (χ4n) is 15.1. The first-order chi connectivity index (χ1) is 69.5. The van der Waals surface area contributed by atoms with Crippen molar-refractivity contribution in [3.63, 3.8) is 0 Å². The lowest BCUT2D eigenvalue weighted by atomic mass is 9.94. The number of carbonyl (C=O) groups excluding carboxylic acids is 20. The number of carbonyl (C=O) groups is 22. The number of hydrogen-bond acceptors (Lipinski definition) is 30. The number of hydrogen-bond donors (Lipinski definition) is 30. The minimum absolute atomic E-state index is 0.0140. The summed E-state index contributed by atoms with van der Waals surface area (Å²) < 4.78 is 0. The van der Waals surface area contributed by atoms with E-state index in [-0.39, 0.29) is 75.8 Å². The summed E-state index contributed by atoms with van der Waals surface area (Å²) in [7, 11) is 0. The van der Waals surface area contributed by atoms with E-state index in [1.54, 1.807) is 92.8 Å². The number of benzene rings is 1. The molecule has 4 heterocycles. The van der Waals surface area contributed by atoms with Crippen LogP contribution in [0.4, 0.5) is 0 Å². The Morgan fingerprint density at radius 1 is 0.537 bits per heavy atom. The Kier molecular flexibility index (Phi) is 53.6. The number of aliphatic hydroxyl groups excluding tert-OH is 2. The van der Waals surface area contributed by atoms with Crippen molar-refractivity contribution in [3.05, 3.63) is 47.8 Å². The number of para-hydroxylation sites is 1. The molecule has 20 amide bonds. The number of aliphatic carboxylic acids is 2. The molecular formula is C92H145N25O26S4. The number of allylic oxidation sites excluding steroid dienone is 1. The van der Waals surface area contributed by atoms with Crippen LogP contribution in [0.2, 0.25) is 0 Å². The summed E-state index contributed by atoms with van der Waals surface area (Å²) in [5, 5.41) is 102. The lowest BCUT2D eigenvalue weighted by Crippen LogP contribution is -2.62. The Bertz CT molecular complexity index is 5000. The molecule has 1 aromatic carbocycles. The maximum atomic E-state index is 15.5. The number of aromatic nitrogens is 1. The Morgan fingerprint density at radius 3 is 1.65 bits per heavy atom. The SMILES string of the molecule is C/C=C(\NC(=O)[C@@H]1CSC[C@H](NC(=O)[C@@H](N)CO)C(=O)N[C@@H](CO)C(=O)NCC(=O)N[C@@H](Cc2c[nH]c3ccccc23)C(=O)N[C@@H](CC(C)C)C(=O)N1)C(=O)N[C@@H](CC(C)C)C(=O)N[C@H]1CCSC[C@@H]2NC(=O)[C@H]([C@@H](C)CC)NC(=O)[C@H]([C@@H](C)CC)NC(=O)[C@H](CCSC[C@@H](C(=O)N[C@@H](CCCNC(=N)N)C(=O)O)NC(=O)[C@H](C)NC2=O)NC(=O)CNC(=O)[C@H](CS)NC(=O)[C@H](CCC(=O)O)NC(=O)[C@H]([C@@H](C)CC)NC1=O. The molecule has 21 atom stereocenters. The number of rotatable bonds is 33. The highest BCUT2D eigenvalue weighted by Crippen LogP contribution is 2.23. The minimum Gasteiger partial charge on any atom is -0.481 e. The first kappa shape index (κ1) is 125. The van der Waals surface area contributed by atoms with Gasteiger partial charge < -0.3 is 149 Å². The Morgan fingerprint density at radius 2 is 1.06 bits per heavy atom. The summed E-state index contributed by atoms with van der Waals surface area (Å²) in [4.78, 5) is 321. The number of fused-ring (bicyclic) bond motifs is 10. The number of thioether (sulfide) groups is 3. The molecule has 0 radical (unpaired) electrons. The van der Waals surface area contributed by atoms with E-state index in [9.17, 15) is 92.3 Å². The van der Waals surface area contributed by atoms with Crippen LogP contribution in [0.25, 0.3) is 10.9 Å². The van der Waals surface area contributed by atoms with Crippen molar-refractivity contribution in [1.29, 1.82) is 5.41 Å². The number of guanidine groups is 1. The van der Waals surface area contributed by atoms with Crippen molar-refractivity contribution < 1.29 is 126 Å². The average molecular weight is 2150 g/mol. The number of amides is 20. The van der Waals surface area contributed by atoms with E-state index >= 15 is 33.6 Å². The van der Waals surface area contributed by atoms with E-state index in [1.807, 2.05) is 0 Å². The third-order valence-electron chi connectivity index (χ3n) is 24.3. The van der Waals surface area contributed by atoms with Crippen molar-refractivity contribution in [3.8, 4) is 0 Å². The lowest BCUT2D eigenvalue weighted by molar-refractivity contribution is -0.142. The highest BCUT2D eigenvalue weighted by Gasteiger charge is 2.42. The summed E-state index contributed by atoms with van der Waals surface area (Å²) >= 11 is 6.73. The summed E-state index contributed by atoms with van der Waals surface area (Å²) in [6.07, 6.45) is 0.126. The average Bonchev–Trinajstić information content (AvgIpc) is 1.71. The molecule has 3 saturated heterocycles. The van der Waals surface area contributed by atoms with E-state index in [4.69, 9.17) is 16.9 Å². The van der Waals surface area contributed by atoms with Gasteiger partial charge in [0, 0.05) is 65.3 Å². The predicted octanol–water partition coefficient (Wildman–Crippen LogP) is -7.07. The molecule has 51 nitrogen and oxygen atoms in total. The third kappa shape index (κ3) is 41.6. The highest BCUT2D eigenvalue weighted by molar-refractivity contribution is 7.99. The van der Waals surface area contributed by atoms with Gasteiger partial charge in [0.25, 0.3) is 5.91 Å². The van der Waals surface area contributed by atoms with Gasteiger partial charge in [0.1, 0.15) is 114 Å². The molecule has 3 fully saturated rings. The summed E-state index contributed by atoms with van der Waals surface area (Å²) in [5.74, 6) is -31.1. The monoisotopic (exact) mass is 2140 g/mol. The number of H-pyrrole nitrogens is 1. The van der Waals surface area contributed by atoms with E-state index in [0.29, 0.717) is 28.2 Å². The van der Waals surface area contributed by atoms with Crippen LogP contribution in [-0.4, -0.2) is 343 Å². The Hall–Kier alpha value is -12.6. The topological polar surface area (TPSA) is 801 Å². The van der Waals surface area contributed by atoms with Crippen LogP contribution in [-0.2, 0) is 112 Å². The van der Waals surface area contributed by atoms with Crippen molar-refractivity contribution in [2.24, 2.45) is 41.1 Å². The fourth-order valence-corrected chi connectivity index (χ4v) is 18.5. The van der Waals surface area contributed by atoms with Gasteiger partial charge in [0.2, 0.25) is 112 Å². The number of carboxylic acid groups (broad SMARTS) is 2. The zero-order valence-corrected chi connectivity index (χ0v) is 87.7. The van der Waals surface area contributed by atoms with E-state index in [1.165, 1.54) is 20.8 Å². The normalized spacial score (nSPS) is 25.2. The van der Waals surface area contributed by atoms with Gasteiger partial charge in [0.05, 0.1) is 26.3 Å². The molecule has 5 rings (SSSR count). The Labute approximate surface area is 868 Å². The zero-order valence-electron chi connectivity index (χ0n) is 84.3. The number of aromatic amines is 1. The van der Waals surface area contributed by atoms with Gasteiger partial charge in [-0.3, -0.25) is 106 Å². The molecule has 147 heavy (non-hydrogen) atoms. The maximum Gasteiger partial charge on any atom is 0.326 e. The molecule has 0 spiro atoms. The smallest absolute Gasteiger partial charge is 0.326 e. The maximum absolute atomic E-state index is 15.5. The van der Waals surface area contributed by atoms with Crippen LogP contribution in [0.1, 0.15) is 159 Å². The van der Waals surface area contributed by atoms with Gasteiger partial charge in [-0.15, -0.1) is 0 Å². The van der Waals surface area contributed by atoms with Crippen LogP contribution >= 0.6 is 47.9 Å². The second-order valence-electron chi connectivity index (χ2n) is 36.8. The summed E-state index contributed by atoms with van der Waals surface area (Å²) in [5.41, 5.74) is 11.8. The molecule has 0 unspecified atom stereocenters. The third-order valence-corrected chi connectivity index (χ3v) is 28.0. The standard InChI is InChI=1S/C92H145N25O26S4/c1-13-45(9)70-88(139)105-54(23-24-69(122)123)78(129)110-62(38-144)76(127)99-34-67(120)101-55-25-28-145-40-64(86(137)106-57(91(142)143)22-19-27-96-92(94)95)111-73(124)48(12)100-84(135)63(114-89(140)71(46(10)14-2)117-90(141)72(47(11)15-3)116-79(55)130)39-146-29-26-56(80(131)115-70)104-81(132)58(30-43(5)6)107-77(128)52(16-4)103-85(136)66-42-147-41-65(112-74(125)51(93)36-118)87(138)109-61(37-119)75(126)98-35-68(121)102-60(32-49-33-97-53-21-18-17-20-50(49)53)83(134)108-59(31-44(7)8)82(133)113-66/h16-18,20-21,33,43-48,51,54-66,70-72,97,118-119,144H,13-15,19,22-32,34-42,93H2,1-12H3,(H,98,126)(H,99,127)(H,100,135)(H,101,120)(H,102,121)(H,103,136)(H,104,132)(H,105,139)(H,106,137)(H,107,128)(H,108,134)(H,109,138)(H,110,129)(H,111,124)(H,112,125)(H,113,133)(H,114,140)(H,115,131)(H,116,130)(H,117,141)(H,122,123)(H,142,143)(H4,94,95,96)/b52-16-/t45-,46-,47-,48-,51-,54-,55-,56-,57-,58-,59-,60-,61-,62-,63-,64-,65-,66-,70-,71-,72-/m0/s1.